The third-order valence-corrected chi connectivity index (χ3v) is 1.34. The standard InChI is InChI=1S/C6H11NO.3CH4/c1-5(8)7-4-6-2-3-6;;;/h6H,2-4H2,1H3,(H,7,8);3*1H4. The lowest BCUT2D eigenvalue weighted by molar-refractivity contribution is -0.119. The van der Waals surface area contributed by atoms with Gasteiger partial charge < -0.3 is 5.32 Å². The Kier molecular flexibility index (Phi) is 11.6. The summed E-state index contributed by atoms with van der Waals surface area (Å²) in [7, 11) is 0. The Balaban J connectivity index is -0.000000213. The first-order valence-corrected chi connectivity index (χ1v) is 3.03. The average Bonchev–Trinajstić information content (AvgIpc) is 2.41. The molecule has 1 rings (SSSR count). The van der Waals surface area contributed by atoms with Crippen molar-refractivity contribution in [3.63, 3.8) is 0 Å². The highest BCUT2D eigenvalue weighted by Crippen LogP contribution is 2.27. The fourth-order valence-corrected chi connectivity index (χ4v) is 0.610. The summed E-state index contributed by atoms with van der Waals surface area (Å²) in [6.45, 7) is 2.46. The first-order chi connectivity index (χ1) is 3.79. The largest absolute Gasteiger partial charge is 0.356 e. The van der Waals surface area contributed by atoms with Crippen LogP contribution in [0.1, 0.15) is 42.0 Å². The molecule has 0 unspecified atom stereocenters. The molecular formula is C9H23NO. The Morgan fingerprint density at radius 2 is 1.82 bits per heavy atom. The Bertz CT molecular complexity index is 97.7. The third-order valence-electron chi connectivity index (χ3n) is 1.34. The molecule has 0 spiro atoms. The van der Waals surface area contributed by atoms with Gasteiger partial charge in [-0.2, -0.15) is 0 Å². The molecule has 1 fully saturated rings. The third kappa shape index (κ3) is 9.47. The van der Waals surface area contributed by atoms with Crippen molar-refractivity contribution in [3.05, 3.63) is 0 Å². The van der Waals surface area contributed by atoms with E-state index in [1.165, 1.54) is 12.8 Å². The molecule has 1 aliphatic carbocycles. The van der Waals surface area contributed by atoms with E-state index in [2.05, 4.69) is 5.32 Å². The van der Waals surface area contributed by atoms with Crippen LogP contribution in [0, 0.1) is 5.92 Å². The van der Waals surface area contributed by atoms with Crippen LogP contribution in [-0.4, -0.2) is 12.5 Å². The maximum Gasteiger partial charge on any atom is 0.216 e. The Morgan fingerprint density at radius 3 is 2.09 bits per heavy atom. The molecule has 0 saturated heterocycles. The summed E-state index contributed by atoms with van der Waals surface area (Å²) in [5, 5.41) is 2.77. The van der Waals surface area contributed by atoms with E-state index in [9.17, 15) is 4.79 Å². The highest BCUT2D eigenvalue weighted by molar-refractivity contribution is 5.72. The molecule has 0 radical (unpaired) electrons. The van der Waals surface area contributed by atoms with Crippen LogP contribution in [0.4, 0.5) is 0 Å². The molecule has 0 aromatic carbocycles. The number of amides is 1. The summed E-state index contributed by atoms with van der Waals surface area (Å²) < 4.78 is 0. The van der Waals surface area contributed by atoms with Crippen molar-refractivity contribution in [1.29, 1.82) is 0 Å². The van der Waals surface area contributed by atoms with Gasteiger partial charge in [0.25, 0.3) is 0 Å². The number of carbonyl (C=O) groups excluding carboxylic acids is 1. The van der Waals surface area contributed by atoms with Crippen molar-refractivity contribution in [3.8, 4) is 0 Å². The number of nitrogens with one attached hydrogen (secondary N) is 1. The van der Waals surface area contributed by atoms with E-state index in [1.807, 2.05) is 0 Å². The van der Waals surface area contributed by atoms with Crippen molar-refractivity contribution < 1.29 is 4.79 Å². The molecular weight excluding hydrogens is 138 g/mol. The van der Waals surface area contributed by atoms with Crippen molar-refractivity contribution >= 4 is 5.91 Å². The second-order valence-corrected chi connectivity index (χ2v) is 2.38. The van der Waals surface area contributed by atoms with Crippen molar-refractivity contribution in [2.24, 2.45) is 5.92 Å². The second-order valence-electron chi connectivity index (χ2n) is 2.38. The number of rotatable bonds is 2. The Hall–Kier alpha value is -0.530. The van der Waals surface area contributed by atoms with E-state index in [1.54, 1.807) is 6.92 Å². The first-order valence-electron chi connectivity index (χ1n) is 3.03. The zero-order chi connectivity index (χ0) is 5.98. The Morgan fingerprint density at radius 1 is 1.36 bits per heavy atom. The summed E-state index contributed by atoms with van der Waals surface area (Å²) in [5.74, 6) is 0.899. The molecule has 1 saturated carbocycles. The van der Waals surface area contributed by atoms with Crippen molar-refractivity contribution in [2.45, 2.75) is 42.0 Å². The quantitative estimate of drug-likeness (QED) is 0.662. The highest BCUT2D eigenvalue weighted by Gasteiger charge is 2.20. The SMILES string of the molecule is C.C.C.CC(=O)NCC1CC1. The van der Waals surface area contributed by atoms with E-state index in [-0.39, 0.29) is 28.2 Å². The fraction of sp³-hybridized carbons (Fsp3) is 0.889. The predicted octanol–water partition coefficient (Wildman–Crippen LogP) is 2.44. The lowest BCUT2D eigenvalue weighted by Crippen LogP contribution is -2.21. The Labute approximate surface area is 71.4 Å². The average molecular weight is 161 g/mol. The smallest absolute Gasteiger partial charge is 0.216 e. The maximum absolute atomic E-state index is 10.3. The van der Waals surface area contributed by atoms with Gasteiger partial charge in [-0.1, -0.05) is 22.3 Å². The molecule has 0 atom stereocenters. The van der Waals surface area contributed by atoms with Gasteiger partial charge in [0, 0.05) is 13.5 Å². The van der Waals surface area contributed by atoms with Gasteiger partial charge in [0.15, 0.2) is 0 Å². The summed E-state index contributed by atoms with van der Waals surface area (Å²) >= 11 is 0. The number of hydrogen-bond donors (Lipinski definition) is 1. The van der Waals surface area contributed by atoms with E-state index in [0.29, 0.717) is 0 Å². The van der Waals surface area contributed by atoms with Gasteiger partial charge in [0.2, 0.25) is 5.91 Å². The summed E-state index contributed by atoms with van der Waals surface area (Å²) in [6.07, 6.45) is 2.61. The normalized spacial score (nSPS) is 13.2. The predicted molar refractivity (Wildman–Crippen MR) is 51.6 cm³/mol. The highest BCUT2D eigenvalue weighted by atomic mass is 16.1. The van der Waals surface area contributed by atoms with Gasteiger partial charge in [-0.15, -0.1) is 0 Å². The van der Waals surface area contributed by atoms with Crippen LogP contribution in [0.5, 0.6) is 0 Å². The van der Waals surface area contributed by atoms with Crippen LogP contribution in [0.25, 0.3) is 0 Å². The monoisotopic (exact) mass is 161 g/mol. The van der Waals surface area contributed by atoms with Crippen molar-refractivity contribution in [1.82, 2.24) is 5.32 Å². The molecule has 1 aliphatic rings. The molecule has 0 aromatic heterocycles. The minimum Gasteiger partial charge on any atom is -0.356 e. The zero-order valence-corrected chi connectivity index (χ0v) is 5.11. The second kappa shape index (κ2) is 7.58. The maximum atomic E-state index is 10.3. The first kappa shape index (κ1) is 16.8. The fourth-order valence-electron chi connectivity index (χ4n) is 0.610. The molecule has 1 N–H and O–H groups in total. The molecule has 1 amide bonds. The van der Waals surface area contributed by atoms with Gasteiger partial charge in [-0.3, -0.25) is 4.79 Å². The van der Waals surface area contributed by atoms with Crippen LogP contribution >= 0.6 is 0 Å². The molecule has 70 valence electrons. The molecule has 2 heteroatoms. The van der Waals surface area contributed by atoms with Gasteiger partial charge in [0.05, 0.1) is 0 Å². The summed E-state index contributed by atoms with van der Waals surface area (Å²) in [6, 6.07) is 0. The van der Waals surface area contributed by atoms with E-state index in [0.717, 1.165) is 12.5 Å². The van der Waals surface area contributed by atoms with Gasteiger partial charge in [-0.25, -0.2) is 0 Å². The van der Waals surface area contributed by atoms with E-state index < -0.39 is 0 Å². The summed E-state index contributed by atoms with van der Waals surface area (Å²) in [5.41, 5.74) is 0. The van der Waals surface area contributed by atoms with Crippen LogP contribution in [0.15, 0.2) is 0 Å². The molecule has 0 bridgehead atoms. The number of hydrogen-bond acceptors (Lipinski definition) is 1. The van der Waals surface area contributed by atoms with Crippen LogP contribution < -0.4 is 5.32 Å². The zero-order valence-electron chi connectivity index (χ0n) is 5.11. The van der Waals surface area contributed by atoms with Crippen LogP contribution in [0.2, 0.25) is 0 Å². The van der Waals surface area contributed by atoms with Gasteiger partial charge in [0.1, 0.15) is 0 Å². The van der Waals surface area contributed by atoms with E-state index >= 15 is 0 Å². The molecule has 0 aliphatic heterocycles. The minimum atomic E-state index is 0. The van der Waals surface area contributed by atoms with Crippen LogP contribution in [0.3, 0.4) is 0 Å². The van der Waals surface area contributed by atoms with Gasteiger partial charge in [-0.05, 0) is 18.8 Å². The topological polar surface area (TPSA) is 29.1 Å². The molecule has 11 heavy (non-hydrogen) atoms. The molecule has 0 heterocycles. The molecule has 0 aromatic rings. The lowest BCUT2D eigenvalue weighted by atomic mass is 10.4. The van der Waals surface area contributed by atoms with Crippen molar-refractivity contribution in [2.75, 3.05) is 6.54 Å². The van der Waals surface area contributed by atoms with Crippen LogP contribution in [-0.2, 0) is 4.79 Å². The minimum absolute atomic E-state index is 0. The lowest BCUT2D eigenvalue weighted by Gasteiger charge is -1.95. The van der Waals surface area contributed by atoms with E-state index in [4.69, 9.17) is 0 Å². The molecule has 2 nitrogen and oxygen atoms in total. The van der Waals surface area contributed by atoms with Gasteiger partial charge >= 0.3 is 0 Å². The number of carbonyl (C=O) groups is 1. The summed E-state index contributed by atoms with van der Waals surface area (Å²) in [4.78, 5) is 10.3.